The quantitative estimate of drug-likeness (QED) is 0.791. The van der Waals surface area contributed by atoms with Gasteiger partial charge < -0.3 is 4.74 Å². The maximum atomic E-state index is 13.6. The molecule has 0 aliphatic heterocycles. The third-order valence-electron chi connectivity index (χ3n) is 2.81. The lowest BCUT2D eigenvalue weighted by atomic mass is 10.2. The van der Waals surface area contributed by atoms with Crippen molar-refractivity contribution in [3.05, 3.63) is 58.1 Å². The van der Waals surface area contributed by atoms with Gasteiger partial charge in [-0.25, -0.2) is 22.0 Å². The van der Waals surface area contributed by atoms with Gasteiger partial charge in [0.05, 0.1) is 18.4 Å². The fourth-order valence-corrected chi connectivity index (χ4v) is 3.38. The summed E-state index contributed by atoms with van der Waals surface area (Å²) in [6.45, 7) is 0. The highest BCUT2D eigenvalue weighted by molar-refractivity contribution is 9.10. The minimum absolute atomic E-state index is 0.225. The van der Waals surface area contributed by atoms with Gasteiger partial charge in [0.2, 0.25) is 0 Å². The topological polar surface area (TPSA) is 72.5 Å². The van der Waals surface area contributed by atoms with Crippen LogP contribution in [0.25, 0.3) is 0 Å². The molecule has 122 valence electrons. The first kappa shape index (κ1) is 17.4. The predicted molar refractivity (Wildman–Crippen MR) is 82.6 cm³/mol. The molecule has 0 heterocycles. The molecule has 2 aromatic carbocycles. The van der Waals surface area contributed by atoms with Crippen LogP contribution in [-0.2, 0) is 14.8 Å². The number of hydrogen-bond acceptors (Lipinski definition) is 4. The fourth-order valence-electron chi connectivity index (χ4n) is 1.78. The lowest BCUT2D eigenvalue weighted by molar-refractivity contribution is 0.0596. The molecule has 0 aliphatic rings. The number of carbonyl (C=O) groups is 1. The summed E-state index contributed by atoms with van der Waals surface area (Å²) < 4.78 is 58.3. The van der Waals surface area contributed by atoms with Crippen molar-refractivity contribution in [3.63, 3.8) is 0 Å². The first-order chi connectivity index (χ1) is 10.7. The van der Waals surface area contributed by atoms with E-state index in [0.29, 0.717) is 10.5 Å². The van der Waals surface area contributed by atoms with Gasteiger partial charge in [0.1, 0.15) is 16.5 Å². The van der Waals surface area contributed by atoms with E-state index in [1.807, 2.05) is 4.72 Å². The van der Waals surface area contributed by atoms with E-state index < -0.39 is 38.2 Å². The number of ether oxygens (including phenoxy) is 1. The molecule has 0 amide bonds. The number of sulfonamides is 1. The summed E-state index contributed by atoms with van der Waals surface area (Å²) >= 11 is 3.12. The van der Waals surface area contributed by atoms with Crippen molar-refractivity contribution >= 4 is 37.6 Å². The second-order valence-electron chi connectivity index (χ2n) is 4.36. The van der Waals surface area contributed by atoms with Crippen molar-refractivity contribution in [1.82, 2.24) is 0 Å². The molecule has 0 bridgehead atoms. The zero-order valence-electron chi connectivity index (χ0n) is 11.6. The van der Waals surface area contributed by atoms with Crippen molar-refractivity contribution in [2.24, 2.45) is 0 Å². The molecule has 0 saturated heterocycles. The molecule has 0 atom stereocenters. The molecule has 23 heavy (non-hydrogen) atoms. The van der Waals surface area contributed by atoms with Crippen molar-refractivity contribution in [1.29, 1.82) is 0 Å². The fraction of sp³-hybridized carbons (Fsp3) is 0.0714. The van der Waals surface area contributed by atoms with Crippen molar-refractivity contribution < 1.29 is 26.7 Å². The summed E-state index contributed by atoms with van der Waals surface area (Å²) in [6, 6.07) is 6.23. The van der Waals surface area contributed by atoms with Crippen molar-refractivity contribution in [2.45, 2.75) is 4.90 Å². The molecule has 9 heteroatoms. The van der Waals surface area contributed by atoms with Gasteiger partial charge in [0, 0.05) is 10.5 Å². The number of anilines is 1. The molecule has 0 saturated carbocycles. The van der Waals surface area contributed by atoms with E-state index in [0.717, 1.165) is 19.2 Å². The minimum Gasteiger partial charge on any atom is -0.465 e. The molecular weight excluding hydrogens is 396 g/mol. The van der Waals surface area contributed by atoms with Gasteiger partial charge in [-0.3, -0.25) is 4.72 Å². The van der Waals surface area contributed by atoms with Gasteiger partial charge in [0.25, 0.3) is 10.0 Å². The Bertz CT molecular complexity index is 871. The maximum Gasteiger partial charge on any atom is 0.339 e. The number of nitrogens with one attached hydrogen (secondary N) is 1. The summed E-state index contributed by atoms with van der Waals surface area (Å²) in [5.74, 6) is -2.79. The van der Waals surface area contributed by atoms with E-state index >= 15 is 0 Å². The van der Waals surface area contributed by atoms with Crippen molar-refractivity contribution in [2.75, 3.05) is 11.8 Å². The van der Waals surface area contributed by atoms with Crippen LogP contribution in [0.15, 0.2) is 45.8 Å². The number of hydrogen-bond donors (Lipinski definition) is 1. The Kier molecular flexibility index (Phi) is 5.00. The van der Waals surface area contributed by atoms with Crippen LogP contribution < -0.4 is 4.72 Å². The monoisotopic (exact) mass is 405 g/mol. The molecule has 2 aromatic rings. The Hall–Kier alpha value is -2.00. The van der Waals surface area contributed by atoms with E-state index in [2.05, 4.69) is 20.7 Å². The van der Waals surface area contributed by atoms with Crippen LogP contribution in [0.3, 0.4) is 0 Å². The molecular formula is C14H10BrF2NO4S. The standard InChI is InChI=1S/C14H10BrF2NO4S/c1-22-14(19)10-6-8(15)2-5-13(10)23(20,21)18-12-4-3-9(16)7-11(12)17/h2-7,18H,1H3. The second kappa shape index (κ2) is 6.63. The lowest BCUT2D eigenvalue weighted by Gasteiger charge is -2.12. The second-order valence-corrected chi connectivity index (χ2v) is 6.93. The minimum atomic E-state index is -4.29. The van der Waals surface area contributed by atoms with Crippen LogP contribution in [0.2, 0.25) is 0 Å². The molecule has 0 aliphatic carbocycles. The Labute approximate surface area is 139 Å². The Morgan fingerprint density at radius 1 is 1.17 bits per heavy atom. The molecule has 0 aromatic heterocycles. The molecule has 0 spiro atoms. The third kappa shape index (κ3) is 3.85. The van der Waals surface area contributed by atoms with Crippen LogP contribution in [0.1, 0.15) is 10.4 Å². The Morgan fingerprint density at radius 2 is 1.87 bits per heavy atom. The van der Waals surface area contributed by atoms with Crippen LogP contribution in [0.5, 0.6) is 0 Å². The number of rotatable bonds is 4. The summed E-state index contributed by atoms with van der Waals surface area (Å²) in [7, 11) is -3.18. The average molecular weight is 406 g/mol. The summed E-state index contributed by atoms with van der Waals surface area (Å²) in [6.07, 6.45) is 0. The maximum absolute atomic E-state index is 13.6. The molecule has 1 N–H and O–H groups in total. The van der Waals surface area contributed by atoms with Gasteiger partial charge in [-0.2, -0.15) is 0 Å². The Balaban J connectivity index is 2.50. The molecule has 2 rings (SSSR count). The van der Waals surface area contributed by atoms with E-state index in [4.69, 9.17) is 0 Å². The number of halogens is 3. The normalized spacial score (nSPS) is 11.1. The molecule has 0 fully saturated rings. The zero-order chi connectivity index (χ0) is 17.2. The van der Waals surface area contributed by atoms with Gasteiger partial charge in [-0.1, -0.05) is 15.9 Å². The predicted octanol–water partition coefficient (Wildman–Crippen LogP) is 3.31. The van der Waals surface area contributed by atoms with Gasteiger partial charge >= 0.3 is 5.97 Å². The summed E-state index contributed by atoms with van der Waals surface area (Å²) in [5.41, 5.74) is -0.665. The zero-order valence-corrected chi connectivity index (χ0v) is 14.0. The lowest BCUT2D eigenvalue weighted by Crippen LogP contribution is -2.18. The third-order valence-corrected chi connectivity index (χ3v) is 4.73. The molecule has 5 nitrogen and oxygen atoms in total. The smallest absolute Gasteiger partial charge is 0.339 e. The van der Waals surface area contributed by atoms with E-state index in [1.165, 1.54) is 18.2 Å². The van der Waals surface area contributed by atoms with Gasteiger partial charge in [-0.15, -0.1) is 0 Å². The largest absolute Gasteiger partial charge is 0.465 e. The highest BCUT2D eigenvalue weighted by atomic mass is 79.9. The number of esters is 1. The van der Waals surface area contributed by atoms with Crippen LogP contribution in [0.4, 0.5) is 14.5 Å². The first-order valence-corrected chi connectivity index (χ1v) is 8.38. The van der Waals surface area contributed by atoms with E-state index in [9.17, 15) is 22.0 Å². The summed E-state index contributed by atoms with van der Waals surface area (Å²) in [5, 5.41) is 0. The first-order valence-electron chi connectivity index (χ1n) is 6.10. The van der Waals surface area contributed by atoms with Crippen LogP contribution >= 0.6 is 15.9 Å². The van der Waals surface area contributed by atoms with Crippen molar-refractivity contribution in [3.8, 4) is 0 Å². The van der Waals surface area contributed by atoms with Crippen LogP contribution in [-0.4, -0.2) is 21.5 Å². The number of methoxy groups -OCH3 is 1. The number of carbonyl (C=O) groups excluding carboxylic acids is 1. The van der Waals surface area contributed by atoms with Crippen LogP contribution in [0, 0.1) is 11.6 Å². The van der Waals surface area contributed by atoms with E-state index in [1.54, 1.807) is 0 Å². The summed E-state index contributed by atoms with van der Waals surface area (Å²) in [4.78, 5) is 11.3. The highest BCUT2D eigenvalue weighted by Gasteiger charge is 2.24. The van der Waals surface area contributed by atoms with E-state index in [-0.39, 0.29) is 5.56 Å². The SMILES string of the molecule is COC(=O)c1cc(Br)ccc1S(=O)(=O)Nc1ccc(F)cc1F. The molecule has 0 unspecified atom stereocenters. The van der Waals surface area contributed by atoms with Gasteiger partial charge in [-0.05, 0) is 30.3 Å². The van der Waals surface area contributed by atoms with Gasteiger partial charge in [0.15, 0.2) is 0 Å². The number of benzene rings is 2. The molecule has 0 radical (unpaired) electrons. The average Bonchev–Trinajstić information content (AvgIpc) is 2.49. The Morgan fingerprint density at radius 3 is 2.48 bits per heavy atom. The highest BCUT2D eigenvalue weighted by Crippen LogP contribution is 2.25.